The van der Waals surface area contributed by atoms with E-state index >= 15 is 0 Å². The average molecular weight is 223 g/mol. The van der Waals surface area contributed by atoms with Crippen LogP contribution in [-0.4, -0.2) is 24.2 Å². The molecule has 0 heterocycles. The van der Waals surface area contributed by atoms with Gasteiger partial charge in [0.05, 0.1) is 6.54 Å². The first-order chi connectivity index (χ1) is 7.72. The number of fused-ring (bicyclic) bond motifs is 1. The van der Waals surface area contributed by atoms with Crippen LogP contribution in [0.1, 0.15) is 39.0 Å². The van der Waals surface area contributed by atoms with Gasteiger partial charge in [0.15, 0.2) is 0 Å². The van der Waals surface area contributed by atoms with Crippen LogP contribution in [0.15, 0.2) is 4.99 Å². The third-order valence-electron chi connectivity index (χ3n) is 3.96. The number of ether oxygens (including phenoxy) is 1. The van der Waals surface area contributed by atoms with Gasteiger partial charge in [0.1, 0.15) is 5.60 Å². The van der Waals surface area contributed by atoms with Gasteiger partial charge in [-0.3, -0.25) is 4.79 Å². The molecule has 0 aromatic rings. The number of hydrogen-bond donors (Lipinski definition) is 0. The van der Waals surface area contributed by atoms with Crippen molar-refractivity contribution in [1.82, 2.24) is 0 Å². The van der Waals surface area contributed by atoms with Gasteiger partial charge in [-0.25, -0.2) is 9.79 Å². The van der Waals surface area contributed by atoms with Crippen LogP contribution in [0.3, 0.4) is 0 Å². The Balaban J connectivity index is 2.07. The van der Waals surface area contributed by atoms with Crippen LogP contribution < -0.4 is 0 Å². The van der Waals surface area contributed by atoms with Crippen LogP contribution in [0.25, 0.3) is 0 Å². The van der Waals surface area contributed by atoms with Gasteiger partial charge in [-0.2, -0.15) is 0 Å². The van der Waals surface area contributed by atoms with Gasteiger partial charge in [-0.15, -0.1) is 0 Å². The molecular weight excluding hydrogens is 206 g/mol. The molecule has 0 aromatic carbocycles. The molecule has 16 heavy (non-hydrogen) atoms. The Bertz CT molecular complexity index is 335. The topological polar surface area (TPSA) is 55.7 Å². The highest BCUT2D eigenvalue weighted by Crippen LogP contribution is 2.55. The first kappa shape index (κ1) is 11.3. The van der Waals surface area contributed by atoms with E-state index in [2.05, 4.69) is 4.99 Å². The van der Waals surface area contributed by atoms with E-state index in [4.69, 9.17) is 4.74 Å². The normalized spacial score (nSPS) is 35.8. The van der Waals surface area contributed by atoms with Crippen LogP contribution in [0.5, 0.6) is 0 Å². The summed E-state index contributed by atoms with van der Waals surface area (Å²) < 4.78 is 5.53. The van der Waals surface area contributed by atoms with E-state index in [1.807, 2.05) is 0 Å². The van der Waals surface area contributed by atoms with E-state index in [0.29, 0.717) is 24.8 Å². The smallest absolute Gasteiger partial charge is 0.306 e. The molecule has 2 saturated carbocycles. The van der Waals surface area contributed by atoms with Crippen molar-refractivity contribution in [2.45, 2.75) is 44.6 Å². The van der Waals surface area contributed by atoms with Crippen molar-refractivity contribution in [1.29, 1.82) is 0 Å². The molecule has 2 fully saturated rings. The van der Waals surface area contributed by atoms with Gasteiger partial charge in [-0.1, -0.05) is 13.3 Å². The molecule has 3 unspecified atom stereocenters. The molecule has 2 rings (SSSR count). The minimum absolute atomic E-state index is 0.188. The van der Waals surface area contributed by atoms with E-state index in [0.717, 1.165) is 12.8 Å². The van der Waals surface area contributed by atoms with Crippen LogP contribution in [0.2, 0.25) is 0 Å². The molecule has 2 aliphatic carbocycles. The lowest BCUT2D eigenvalue weighted by atomic mass is 9.62. The summed E-state index contributed by atoms with van der Waals surface area (Å²) in [6, 6.07) is 0. The molecule has 88 valence electrons. The summed E-state index contributed by atoms with van der Waals surface area (Å²) >= 11 is 0. The lowest BCUT2D eigenvalue weighted by molar-refractivity contribution is -0.188. The van der Waals surface area contributed by atoms with Crippen molar-refractivity contribution in [2.75, 3.05) is 6.54 Å². The maximum absolute atomic E-state index is 11.4. The van der Waals surface area contributed by atoms with Gasteiger partial charge in [0.2, 0.25) is 6.08 Å². The summed E-state index contributed by atoms with van der Waals surface area (Å²) in [5, 5.41) is 0. The summed E-state index contributed by atoms with van der Waals surface area (Å²) in [7, 11) is 0. The van der Waals surface area contributed by atoms with Gasteiger partial charge >= 0.3 is 5.97 Å². The number of carbonyl (C=O) groups is 1. The lowest BCUT2D eigenvalue weighted by Crippen LogP contribution is -2.56. The molecule has 0 aromatic heterocycles. The van der Waals surface area contributed by atoms with E-state index in [1.54, 1.807) is 13.0 Å². The van der Waals surface area contributed by atoms with Gasteiger partial charge < -0.3 is 4.74 Å². The standard InChI is InChI=1S/C12H17NO3/c1-2-11(15)16-12(7-13-8-14)6-9-4-3-5-10(9)12/h9-10H,2-7H2,1H3. The van der Waals surface area contributed by atoms with E-state index in [1.165, 1.54) is 12.8 Å². The molecular formula is C12H17NO3. The van der Waals surface area contributed by atoms with Gasteiger partial charge in [-0.05, 0) is 25.2 Å². The predicted molar refractivity (Wildman–Crippen MR) is 57.6 cm³/mol. The molecule has 0 saturated heterocycles. The summed E-state index contributed by atoms with van der Waals surface area (Å²) in [4.78, 5) is 25.2. The van der Waals surface area contributed by atoms with Crippen molar-refractivity contribution in [3.8, 4) is 0 Å². The molecule has 0 aliphatic heterocycles. The average Bonchev–Trinajstić information content (AvgIpc) is 2.67. The summed E-state index contributed by atoms with van der Waals surface area (Å²) in [5.41, 5.74) is -0.480. The largest absolute Gasteiger partial charge is 0.457 e. The van der Waals surface area contributed by atoms with Crippen LogP contribution >= 0.6 is 0 Å². The second-order valence-electron chi connectivity index (χ2n) is 4.80. The monoisotopic (exact) mass is 223 g/mol. The quantitative estimate of drug-likeness (QED) is 0.415. The van der Waals surface area contributed by atoms with Crippen LogP contribution in [0, 0.1) is 11.8 Å². The van der Waals surface area contributed by atoms with Gasteiger partial charge in [0, 0.05) is 12.3 Å². The molecule has 0 radical (unpaired) electrons. The summed E-state index contributed by atoms with van der Waals surface area (Å²) in [6.07, 6.45) is 6.31. The Morgan fingerprint density at radius 1 is 1.56 bits per heavy atom. The fourth-order valence-electron chi connectivity index (χ4n) is 3.20. The van der Waals surface area contributed by atoms with Crippen molar-refractivity contribution in [3.05, 3.63) is 0 Å². The van der Waals surface area contributed by atoms with Crippen molar-refractivity contribution in [3.63, 3.8) is 0 Å². The minimum atomic E-state index is -0.480. The number of carbonyl (C=O) groups excluding carboxylic acids is 2. The zero-order valence-electron chi connectivity index (χ0n) is 9.57. The van der Waals surface area contributed by atoms with E-state index in [-0.39, 0.29) is 5.97 Å². The highest BCUT2D eigenvalue weighted by atomic mass is 16.6. The minimum Gasteiger partial charge on any atom is -0.457 e. The fraction of sp³-hybridized carbons (Fsp3) is 0.833. The molecule has 4 heteroatoms. The Morgan fingerprint density at radius 3 is 3.00 bits per heavy atom. The third kappa shape index (κ3) is 1.78. The molecule has 4 nitrogen and oxygen atoms in total. The third-order valence-corrected chi connectivity index (χ3v) is 3.96. The molecule has 0 spiro atoms. The fourth-order valence-corrected chi connectivity index (χ4v) is 3.20. The van der Waals surface area contributed by atoms with Crippen molar-refractivity contribution < 1.29 is 14.3 Å². The Morgan fingerprint density at radius 2 is 2.38 bits per heavy atom. The maximum Gasteiger partial charge on any atom is 0.306 e. The molecule has 0 N–H and O–H groups in total. The Kier molecular flexibility index (Phi) is 3.10. The first-order valence-corrected chi connectivity index (χ1v) is 5.97. The second kappa shape index (κ2) is 4.38. The van der Waals surface area contributed by atoms with Crippen LogP contribution in [0.4, 0.5) is 0 Å². The zero-order valence-corrected chi connectivity index (χ0v) is 9.57. The SMILES string of the molecule is CCC(=O)OC1(CN=C=O)CC2CCCC21. The second-order valence-corrected chi connectivity index (χ2v) is 4.80. The Labute approximate surface area is 95.1 Å². The van der Waals surface area contributed by atoms with Crippen molar-refractivity contribution >= 4 is 12.0 Å². The van der Waals surface area contributed by atoms with Gasteiger partial charge in [0.25, 0.3) is 0 Å². The molecule has 3 atom stereocenters. The molecule has 0 bridgehead atoms. The van der Waals surface area contributed by atoms with Crippen LogP contribution in [-0.2, 0) is 14.3 Å². The van der Waals surface area contributed by atoms with E-state index in [9.17, 15) is 9.59 Å². The number of nitrogens with zero attached hydrogens (tertiary/aromatic N) is 1. The van der Waals surface area contributed by atoms with E-state index < -0.39 is 5.60 Å². The first-order valence-electron chi connectivity index (χ1n) is 5.97. The number of rotatable bonds is 4. The zero-order chi connectivity index (χ0) is 11.6. The predicted octanol–water partition coefficient (Wildman–Crippen LogP) is 1.83. The highest BCUT2D eigenvalue weighted by molar-refractivity contribution is 5.69. The summed E-state index contributed by atoms with van der Waals surface area (Å²) in [6.45, 7) is 2.08. The highest BCUT2D eigenvalue weighted by Gasteiger charge is 2.58. The maximum atomic E-state index is 11.4. The van der Waals surface area contributed by atoms with Crippen molar-refractivity contribution in [2.24, 2.45) is 16.8 Å². The lowest BCUT2D eigenvalue weighted by Gasteiger charge is -2.50. The Hall–Kier alpha value is -1.15. The molecule has 2 aliphatic rings. The number of esters is 1. The molecule has 0 amide bonds. The number of isocyanates is 1. The number of aliphatic imine (C=N–C) groups is 1. The number of hydrogen-bond acceptors (Lipinski definition) is 4. The summed E-state index contributed by atoms with van der Waals surface area (Å²) in [5.74, 6) is 0.901.